The maximum Gasteiger partial charge on any atom is 0.416 e. The van der Waals surface area contributed by atoms with Gasteiger partial charge in [0.25, 0.3) is 11.8 Å². The number of carbonyl (C=O) groups is 2. The van der Waals surface area contributed by atoms with Gasteiger partial charge < -0.3 is 15.4 Å². The first-order chi connectivity index (χ1) is 18.8. The third-order valence-corrected chi connectivity index (χ3v) is 6.70. The molecular weight excluding hydrogens is 538 g/mol. The zero-order valence-electron chi connectivity index (χ0n) is 22.3. The van der Waals surface area contributed by atoms with Gasteiger partial charge >= 0.3 is 12.4 Å². The zero-order chi connectivity index (χ0) is 29.6. The van der Waals surface area contributed by atoms with Gasteiger partial charge in [-0.1, -0.05) is 61.7 Å². The van der Waals surface area contributed by atoms with Crippen LogP contribution in [0.15, 0.2) is 54.1 Å². The Labute approximate surface area is 229 Å². The number of alkyl halides is 6. The molecule has 1 heterocycles. The Morgan fingerprint density at radius 3 is 2.20 bits per heavy atom. The van der Waals surface area contributed by atoms with E-state index < -0.39 is 42.5 Å². The van der Waals surface area contributed by atoms with Crippen molar-refractivity contribution in [2.45, 2.75) is 70.3 Å². The van der Waals surface area contributed by atoms with Gasteiger partial charge in [-0.15, -0.1) is 0 Å². The van der Waals surface area contributed by atoms with Gasteiger partial charge in [-0.05, 0) is 48.6 Å². The molecule has 0 fully saturated rings. The summed E-state index contributed by atoms with van der Waals surface area (Å²) < 4.78 is 86.7. The Balaban J connectivity index is 1.97. The summed E-state index contributed by atoms with van der Waals surface area (Å²) in [6, 6.07) is 11.2. The van der Waals surface area contributed by atoms with Crippen molar-refractivity contribution in [3.05, 3.63) is 70.8 Å². The predicted octanol–water partition coefficient (Wildman–Crippen LogP) is 6.75. The fourth-order valence-electron chi connectivity index (χ4n) is 4.51. The van der Waals surface area contributed by atoms with E-state index in [2.05, 4.69) is 10.6 Å². The highest BCUT2D eigenvalue weighted by Gasteiger charge is 2.60. The maximum absolute atomic E-state index is 14.8. The molecule has 1 atom stereocenters. The average Bonchev–Trinajstić information content (AvgIpc) is 2.88. The molecule has 1 unspecified atom stereocenters. The molecule has 0 bridgehead atoms. The first kappa shape index (κ1) is 31.0. The number of hydrogen-bond acceptors (Lipinski definition) is 3. The van der Waals surface area contributed by atoms with Crippen LogP contribution in [0.2, 0.25) is 0 Å². The molecule has 2 amide bonds. The van der Waals surface area contributed by atoms with Crippen LogP contribution in [0.25, 0.3) is 5.57 Å². The molecule has 1 aliphatic rings. The summed E-state index contributed by atoms with van der Waals surface area (Å²) in [6.07, 6.45) is -8.98. The van der Waals surface area contributed by atoms with E-state index in [0.717, 1.165) is 30.5 Å². The van der Waals surface area contributed by atoms with E-state index in [0.29, 0.717) is 12.0 Å². The van der Waals surface area contributed by atoms with E-state index in [1.807, 2.05) is 6.92 Å². The quantitative estimate of drug-likeness (QED) is 0.178. The number of hydrogen-bond donors (Lipinski definition) is 2. The second kappa shape index (κ2) is 12.8. The van der Waals surface area contributed by atoms with Crippen LogP contribution in [-0.4, -0.2) is 37.3 Å². The minimum Gasteiger partial charge on any atom is -0.494 e. The lowest BCUT2D eigenvalue weighted by atomic mass is 9.76. The minimum absolute atomic E-state index is 0.0402. The minimum atomic E-state index is -4.96. The molecular formula is C29H32F6N2O3. The van der Waals surface area contributed by atoms with Crippen molar-refractivity contribution in [3.8, 4) is 5.75 Å². The number of carbonyl (C=O) groups excluding carboxylic acids is 2. The highest BCUT2D eigenvalue weighted by atomic mass is 19.4. The van der Waals surface area contributed by atoms with E-state index in [-0.39, 0.29) is 42.0 Å². The SMILES string of the molecule is CCCCCNC(=O)C1=C(c2ccc(C)cc2)CC(c2ccc(OCCCC(F)(F)F)cc2)(C(F)(F)F)NC1=O. The Morgan fingerprint density at radius 1 is 0.975 bits per heavy atom. The molecule has 2 aromatic rings. The number of halogens is 6. The van der Waals surface area contributed by atoms with Gasteiger partial charge in [0.15, 0.2) is 5.54 Å². The summed E-state index contributed by atoms with van der Waals surface area (Å²) in [5.74, 6) is -1.81. The molecule has 218 valence electrons. The van der Waals surface area contributed by atoms with Crippen molar-refractivity contribution in [1.29, 1.82) is 0 Å². The van der Waals surface area contributed by atoms with Crippen LogP contribution in [0.4, 0.5) is 26.3 Å². The fraction of sp³-hybridized carbons (Fsp3) is 0.448. The van der Waals surface area contributed by atoms with Crippen molar-refractivity contribution in [3.63, 3.8) is 0 Å². The maximum atomic E-state index is 14.8. The molecule has 0 saturated carbocycles. The van der Waals surface area contributed by atoms with Gasteiger partial charge in [-0.2, -0.15) is 26.3 Å². The molecule has 40 heavy (non-hydrogen) atoms. The Kier molecular flexibility index (Phi) is 9.92. The molecule has 0 aromatic heterocycles. The number of benzene rings is 2. The molecule has 11 heteroatoms. The number of rotatable bonds is 11. The van der Waals surface area contributed by atoms with Gasteiger partial charge in [0.1, 0.15) is 11.3 Å². The second-order valence-corrected chi connectivity index (χ2v) is 9.81. The molecule has 0 saturated heterocycles. The summed E-state index contributed by atoms with van der Waals surface area (Å²) in [4.78, 5) is 26.3. The Morgan fingerprint density at radius 2 is 1.62 bits per heavy atom. The molecule has 0 aliphatic carbocycles. The smallest absolute Gasteiger partial charge is 0.416 e. The summed E-state index contributed by atoms with van der Waals surface area (Å²) >= 11 is 0. The summed E-state index contributed by atoms with van der Waals surface area (Å²) in [5.41, 5.74) is -2.40. The molecule has 0 spiro atoms. The lowest BCUT2D eigenvalue weighted by Gasteiger charge is -2.41. The van der Waals surface area contributed by atoms with E-state index in [4.69, 9.17) is 4.74 Å². The van der Waals surface area contributed by atoms with E-state index in [1.165, 1.54) is 12.1 Å². The average molecular weight is 571 g/mol. The van der Waals surface area contributed by atoms with Gasteiger partial charge in [-0.25, -0.2) is 0 Å². The van der Waals surface area contributed by atoms with Crippen molar-refractivity contribution in [1.82, 2.24) is 10.6 Å². The molecule has 1 aliphatic heterocycles. The van der Waals surface area contributed by atoms with Crippen LogP contribution in [-0.2, 0) is 15.1 Å². The van der Waals surface area contributed by atoms with Crippen LogP contribution < -0.4 is 15.4 Å². The fourth-order valence-corrected chi connectivity index (χ4v) is 4.51. The van der Waals surface area contributed by atoms with Crippen LogP contribution >= 0.6 is 0 Å². The van der Waals surface area contributed by atoms with E-state index in [9.17, 15) is 35.9 Å². The molecule has 2 aromatic carbocycles. The first-order valence-electron chi connectivity index (χ1n) is 13.0. The molecule has 0 radical (unpaired) electrons. The number of aryl methyl sites for hydroxylation is 1. The van der Waals surface area contributed by atoms with Crippen LogP contribution in [0.5, 0.6) is 5.75 Å². The summed E-state index contributed by atoms with van der Waals surface area (Å²) in [6.45, 7) is 3.80. The molecule has 3 rings (SSSR count). The summed E-state index contributed by atoms with van der Waals surface area (Å²) in [5, 5.41) is 4.72. The second-order valence-electron chi connectivity index (χ2n) is 9.81. The Hall–Kier alpha value is -3.50. The topological polar surface area (TPSA) is 67.4 Å². The highest BCUT2D eigenvalue weighted by molar-refractivity contribution is 6.24. The zero-order valence-corrected chi connectivity index (χ0v) is 22.3. The van der Waals surface area contributed by atoms with Crippen molar-refractivity contribution in [2.24, 2.45) is 0 Å². The van der Waals surface area contributed by atoms with E-state index >= 15 is 0 Å². The van der Waals surface area contributed by atoms with Gasteiger partial charge in [0.2, 0.25) is 0 Å². The highest BCUT2D eigenvalue weighted by Crippen LogP contribution is 2.48. The van der Waals surface area contributed by atoms with Crippen molar-refractivity contribution >= 4 is 17.4 Å². The van der Waals surface area contributed by atoms with Crippen molar-refractivity contribution in [2.75, 3.05) is 13.2 Å². The Bertz CT molecular complexity index is 1200. The number of amides is 2. The van der Waals surface area contributed by atoms with Crippen molar-refractivity contribution < 1.29 is 40.7 Å². The first-order valence-corrected chi connectivity index (χ1v) is 13.0. The number of nitrogens with one attached hydrogen (secondary N) is 2. The summed E-state index contributed by atoms with van der Waals surface area (Å²) in [7, 11) is 0. The van der Waals surface area contributed by atoms with Crippen LogP contribution in [0.3, 0.4) is 0 Å². The largest absolute Gasteiger partial charge is 0.494 e. The molecule has 5 nitrogen and oxygen atoms in total. The third-order valence-electron chi connectivity index (χ3n) is 6.70. The monoisotopic (exact) mass is 570 g/mol. The van der Waals surface area contributed by atoms with Crippen LogP contribution in [0.1, 0.15) is 62.1 Å². The normalized spacial score (nSPS) is 17.9. The third kappa shape index (κ3) is 7.57. The van der Waals surface area contributed by atoms with Gasteiger partial charge in [-0.3, -0.25) is 9.59 Å². The van der Waals surface area contributed by atoms with Crippen LogP contribution in [0, 0.1) is 6.92 Å². The molecule has 2 N–H and O–H groups in total. The van der Waals surface area contributed by atoms with E-state index in [1.54, 1.807) is 31.2 Å². The lowest BCUT2D eigenvalue weighted by molar-refractivity contribution is -0.202. The standard InChI is InChI=1S/C29H32F6N2O3/c1-3-4-5-16-36-25(38)24-23(20-9-7-19(2)8-10-20)18-27(29(33,34)35,37-26(24)39)21-11-13-22(14-12-21)40-17-6-15-28(30,31)32/h7-14H,3-6,15-18H2,1-2H3,(H,36,38)(H,37,39). The predicted molar refractivity (Wildman–Crippen MR) is 138 cm³/mol. The number of ether oxygens (including phenoxy) is 1. The van der Waals surface area contributed by atoms with Gasteiger partial charge in [0, 0.05) is 19.4 Å². The van der Waals surface area contributed by atoms with Gasteiger partial charge in [0.05, 0.1) is 6.61 Å². The lowest BCUT2D eigenvalue weighted by Crippen LogP contribution is -2.59. The number of unbranched alkanes of at least 4 members (excludes halogenated alkanes) is 2.